The molecule has 0 aliphatic rings. The Morgan fingerprint density at radius 1 is 0.900 bits per heavy atom. The molecule has 0 bridgehead atoms. The Hall–Kier alpha value is -0.740. The zero-order valence-electron chi connectivity index (χ0n) is 4.68. The molecule has 0 aromatic rings. The van der Waals surface area contributed by atoms with Gasteiger partial charge in [0.25, 0.3) is 0 Å². The summed E-state index contributed by atoms with van der Waals surface area (Å²) in [5.74, 6) is -2.51. The summed E-state index contributed by atoms with van der Waals surface area (Å²) in [6, 6.07) is 0. The number of hydrogen-bond donors (Lipinski definition) is 2. The van der Waals surface area contributed by atoms with Crippen LogP contribution in [-0.2, 0) is 9.59 Å². The van der Waals surface area contributed by atoms with Gasteiger partial charge in [0.2, 0.25) is 0 Å². The van der Waals surface area contributed by atoms with Crippen molar-refractivity contribution in [1.29, 1.82) is 0 Å². The van der Waals surface area contributed by atoms with Crippen LogP contribution in [0.4, 0.5) is 0 Å². The maximum atomic E-state index is 9.55. The van der Waals surface area contributed by atoms with Crippen molar-refractivity contribution >= 4 is 36.8 Å². The second-order valence-electron chi connectivity index (χ2n) is 1.01. The SMILES string of the molecule is Cl.Cl.O=C(O)C=CC(=O)O. The first kappa shape index (κ1) is 16.1. The van der Waals surface area contributed by atoms with E-state index in [1.54, 1.807) is 0 Å². The topological polar surface area (TPSA) is 74.6 Å². The van der Waals surface area contributed by atoms with Crippen molar-refractivity contribution in [2.75, 3.05) is 0 Å². The maximum absolute atomic E-state index is 9.55. The summed E-state index contributed by atoms with van der Waals surface area (Å²) in [5, 5.41) is 15.6. The van der Waals surface area contributed by atoms with Gasteiger partial charge in [0, 0.05) is 12.2 Å². The summed E-state index contributed by atoms with van der Waals surface area (Å²) >= 11 is 0. The Morgan fingerprint density at radius 2 is 1.10 bits per heavy atom. The molecule has 0 saturated heterocycles. The van der Waals surface area contributed by atoms with Crippen molar-refractivity contribution in [3.63, 3.8) is 0 Å². The predicted molar refractivity (Wildman–Crippen MR) is 38.9 cm³/mol. The zero-order chi connectivity index (χ0) is 6.57. The first-order valence-corrected chi connectivity index (χ1v) is 1.77. The van der Waals surface area contributed by atoms with E-state index in [0.29, 0.717) is 12.2 Å². The standard InChI is InChI=1S/C4H4O4.2ClH/c5-3(6)1-2-4(7)8;;/h1-2H,(H,5,6)(H,7,8);2*1H. The van der Waals surface area contributed by atoms with E-state index in [1.165, 1.54) is 0 Å². The normalized spacial score (nSPS) is 7.60. The second-order valence-corrected chi connectivity index (χ2v) is 1.01. The van der Waals surface area contributed by atoms with Gasteiger partial charge in [-0.1, -0.05) is 0 Å². The Morgan fingerprint density at radius 3 is 1.20 bits per heavy atom. The average Bonchev–Trinajstić information content (AvgIpc) is 1.61. The lowest BCUT2D eigenvalue weighted by molar-refractivity contribution is -0.134. The number of halogens is 2. The third-order valence-corrected chi connectivity index (χ3v) is 0.368. The average molecular weight is 189 g/mol. The van der Waals surface area contributed by atoms with E-state index >= 15 is 0 Å². The molecule has 0 aliphatic carbocycles. The Labute approximate surface area is 69.4 Å². The van der Waals surface area contributed by atoms with Gasteiger partial charge in [-0.3, -0.25) is 0 Å². The van der Waals surface area contributed by atoms with Crippen molar-refractivity contribution in [1.82, 2.24) is 0 Å². The van der Waals surface area contributed by atoms with Crippen LogP contribution < -0.4 is 0 Å². The van der Waals surface area contributed by atoms with Gasteiger partial charge in [0.15, 0.2) is 0 Å². The van der Waals surface area contributed by atoms with Crippen molar-refractivity contribution in [2.45, 2.75) is 0 Å². The highest BCUT2D eigenvalue weighted by Gasteiger charge is 1.88. The number of carboxylic acid groups (broad SMARTS) is 2. The third kappa shape index (κ3) is 15.7. The fraction of sp³-hybridized carbons (Fsp3) is 0. The molecule has 0 aromatic carbocycles. The molecule has 6 heteroatoms. The molecule has 60 valence electrons. The van der Waals surface area contributed by atoms with Crippen LogP contribution in [0.3, 0.4) is 0 Å². The highest BCUT2D eigenvalue weighted by atomic mass is 35.5. The lowest BCUT2D eigenvalue weighted by Crippen LogP contribution is -1.91. The minimum atomic E-state index is -1.26. The Balaban J connectivity index is -0.000000245. The van der Waals surface area contributed by atoms with Crippen LogP contribution in [0.1, 0.15) is 0 Å². The van der Waals surface area contributed by atoms with E-state index in [-0.39, 0.29) is 24.8 Å². The molecule has 0 unspecified atom stereocenters. The van der Waals surface area contributed by atoms with Crippen LogP contribution in [0.15, 0.2) is 12.2 Å². The molecular formula is C4H6Cl2O4. The number of rotatable bonds is 2. The van der Waals surface area contributed by atoms with E-state index < -0.39 is 11.9 Å². The largest absolute Gasteiger partial charge is 0.478 e. The smallest absolute Gasteiger partial charge is 0.328 e. The van der Waals surface area contributed by atoms with Crippen molar-refractivity contribution < 1.29 is 19.8 Å². The van der Waals surface area contributed by atoms with Crippen molar-refractivity contribution in [3.8, 4) is 0 Å². The number of hydrogen-bond acceptors (Lipinski definition) is 2. The molecule has 0 atom stereocenters. The first-order valence-electron chi connectivity index (χ1n) is 1.77. The van der Waals surface area contributed by atoms with Crippen LogP contribution in [0, 0.1) is 0 Å². The summed E-state index contributed by atoms with van der Waals surface area (Å²) < 4.78 is 0. The molecule has 0 amide bonds. The van der Waals surface area contributed by atoms with Crippen molar-refractivity contribution in [3.05, 3.63) is 12.2 Å². The highest BCUT2D eigenvalue weighted by Crippen LogP contribution is 1.70. The summed E-state index contributed by atoms with van der Waals surface area (Å²) in [5.41, 5.74) is 0. The van der Waals surface area contributed by atoms with Crippen LogP contribution >= 0.6 is 24.8 Å². The van der Waals surface area contributed by atoms with Crippen LogP contribution in [0.5, 0.6) is 0 Å². The maximum Gasteiger partial charge on any atom is 0.328 e. The molecular weight excluding hydrogens is 183 g/mol. The fourth-order valence-electron chi connectivity index (χ4n) is 0.143. The number of carboxylic acids is 2. The van der Waals surface area contributed by atoms with Crippen LogP contribution in [0.25, 0.3) is 0 Å². The monoisotopic (exact) mass is 188 g/mol. The minimum Gasteiger partial charge on any atom is -0.478 e. The predicted octanol–water partition coefficient (Wildman–Crippen LogP) is 0.555. The lowest BCUT2D eigenvalue weighted by atomic mass is 10.5. The van der Waals surface area contributed by atoms with Crippen molar-refractivity contribution in [2.24, 2.45) is 0 Å². The summed E-state index contributed by atoms with van der Waals surface area (Å²) in [6.45, 7) is 0. The molecule has 0 fully saturated rings. The molecule has 0 spiro atoms. The molecule has 0 aromatic heterocycles. The molecule has 4 nitrogen and oxygen atoms in total. The molecule has 10 heavy (non-hydrogen) atoms. The highest BCUT2D eigenvalue weighted by molar-refractivity contribution is 5.89. The van der Waals surface area contributed by atoms with E-state index in [1.807, 2.05) is 0 Å². The molecule has 0 aliphatic heterocycles. The molecule has 0 rings (SSSR count). The van der Waals surface area contributed by atoms with Gasteiger partial charge in [0.1, 0.15) is 0 Å². The fourth-order valence-corrected chi connectivity index (χ4v) is 0.143. The van der Waals surface area contributed by atoms with Gasteiger partial charge >= 0.3 is 11.9 Å². The Bertz CT molecular complexity index is 126. The van der Waals surface area contributed by atoms with Gasteiger partial charge in [-0.25, -0.2) is 9.59 Å². The molecule has 0 heterocycles. The van der Waals surface area contributed by atoms with Crippen LogP contribution in [0.2, 0.25) is 0 Å². The van der Waals surface area contributed by atoms with Gasteiger partial charge in [-0.15, -0.1) is 24.8 Å². The number of carbonyl (C=O) groups is 2. The molecule has 2 N–H and O–H groups in total. The van der Waals surface area contributed by atoms with Gasteiger partial charge < -0.3 is 10.2 Å². The summed E-state index contributed by atoms with van der Waals surface area (Å²) in [4.78, 5) is 19.1. The van der Waals surface area contributed by atoms with E-state index in [9.17, 15) is 9.59 Å². The quantitative estimate of drug-likeness (QED) is 0.622. The van der Waals surface area contributed by atoms with E-state index in [0.717, 1.165) is 0 Å². The van der Waals surface area contributed by atoms with Gasteiger partial charge in [-0.2, -0.15) is 0 Å². The lowest BCUT2D eigenvalue weighted by Gasteiger charge is -1.74. The van der Waals surface area contributed by atoms with Gasteiger partial charge in [-0.05, 0) is 0 Å². The van der Waals surface area contributed by atoms with Crippen LogP contribution in [-0.4, -0.2) is 22.2 Å². The second kappa shape index (κ2) is 8.26. The molecule has 0 radical (unpaired) electrons. The Kier molecular flexibility index (Phi) is 13.3. The van der Waals surface area contributed by atoms with E-state index in [4.69, 9.17) is 10.2 Å². The zero-order valence-corrected chi connectivity index (χ0v) is 6.32. The minimum absolute atomic E-state index is 0. The molecule has 0 saturated carbocycles. The number of aliphatic carboxylic acids is 2. The first-order chi connectivity index (χ1) is 3.63. The summed E-state index contributed by atoms with van der Waals surface area (Å²) in [7, 11) is 0. The van der Waals surface area contributed by atoms with E-state index in [2.05, 4.69) is 0 Å². The third-order valence-electron chi connectivity index (χ3n) is 0.368. The summed E-state index contributed by atoms with van der Waals surface area (Å²) in [6.07, 6.45) is 1.12. The van der Waals surface area contributed by atoms with Gasteiger partial charge in [0.05, 0.1) is 0 Å².